The highest BCUT2D eigenvalue weighted by Crippen LogP contribution is 2.41. The van der Waals surface area contributed by atoms with E-state index in [4.69, 9.17) is 23.2 Å². The Kier molecular flexibility index (Phi) is 6.76. The molecule has 2 aromatic heterocycles. The Balaban J connectivity index is 1.80. The first kappa shape index (κ1) is 23.7. The van der Waals surface area contributed by atoms with E-state index in [1.54, 1.807) is 18.2 Å². The minimum atomic E-state index is -0.826. The van der Waals surface area contributed by atoms with Gasteiger partial charge in [0.05, 0.1) is 27.4 Å². The van der Waals surface area contributed by atoms with Crippen molar-refractivity contribution >= 4 is 56.6 Å². The predicted molar refractivity (Wildman–Crippen MR) is 129 cm³/mol. The largest absolute Gasteiger partial charge is 0.388 e. The van der Waals surface area contributed by atoms with Crippen LogP contribution in [0.2, 0.25) is 10.0 Å². The van der Waals surface area contributed by atoms with E-state index in [-0.39, 0.29) is 33.8 Å². The van der Waals surface area contributed by atoms with Crippen molar-refractivity contribution in [1.82, 2.24) is 20.1 Å². The number of aryl methyl sites for hydroxylation is 1. The van der Waals surface area contributed by atoms with Crippen molar-refractivity contribution in [2.75, 3.05) is 5.32 Å². The summed E-state index contributed by atoms with van der Waals surface area (Å²) in [4.78, 5) is 30.7. The van der Waals surface area contributed by atoms with Gasteiger partial charge in [-0.05, 0) is 71.9 Å². The van der Waals surface area contributed by atoms with Gasteiger partial charge in [-0.2, -0.15) is 5.10 Å². The van der Waals surface area contributed by atoms with Crippen molar-refractivity contribution in [3.8, 4) is 5.82 Å². The lowest BCUT2D eigenvalue weighted by Gasteiger charge is -2.20. The molecule has 8 nitrogen and oxygen atoms in total. The van der Waals surface area contributed by atoms with Gasteiger partial charge in [-0.15, -0.1) is 0 Å². The zero-order valence-corrected chi connectivity index (χ0v) is 20.8. The number of benzene rings is 1. The molecule has 0 saturated carbocycles. The molecule has 172 valence electrons. The molecular weight excluding hydrogens is 533 g/mol. The molecule has 3 aromatic rings. The van der Waals surface area contributed by atoms with Crippen molar-refractivity contribution in [3.63, 3.8) is 0 Å². The third-order valence-corrected chi connectivity index (χ3v) is 6.14. The lowest BCUT2D eigenvalue weighted by Crippen LogP contribution is -2.32. The highest BCUT2D eigenvalue weighted by molar-refractivity contribution is 9.10. The Hall–Kier alpha value is -2.46. The predicted octanol–water partition coefficient (Wildman–Crippen LogP) is 4.71. The average molecular weight is 553 g/mol. The number of nitrogens with one attached hydrogen (secondary N) is 2. The fourth-order valence-corrected chi connectivity index (χ4v) is 4.67. The molecule has 1 unspecified atom stereocenters. The van der Waals surface area contributed by atoms with Gasteiger partial charge in [-0.1, -0.05) is 23.2 Å². The van der Waals surface area contributed by atoms with Crippen LogP contribution in [0.15, 0.2) is 35.1 Å². The number of aliphatic hydroxyl groups is 1. The maximum Gasteiger partial charge on any atom is 0.274 e. The molecule has 11 heteroatoms. The molecule has 0 radical (unpaired) electrons. The maximum absolute atomic E-state index is 13.3. The molecule has 1 atom stereocenters. The van der Waals surface area contributed by atoms with Crippen LogP contribution >= 0.6 is 39.1 Å². The van der Waals surface area contributed by atoms with Crippen LogP contribution in [0.4, 0.5) is 5.69 Å². The van der Waals surface area contributed by atoms with Crippen molar-refractivity contribution in [2.24, 2.45) is 0 Å². The van der Waals surface area contributed by atoms with Crippen LogP contribution < -0.4 is 10.6 Å². The highest BCUT2D eigenvalue weighted by Gasteiger charge is 2.32. The average Bonchev–Trinajstić information content (AvgIpc) is 3.31. The monoisotopic (exact) mass is 551 g/mol. The molecule has 3 N–H and O–H groups in total. The van der Waals surface area contributed by atoms with Crippen LogP contribution in [-0.2, 0) is 6.42 Å². The zero-order chi connectivity index (χ0) is 23.9. The van der Waals surface area contributed by atoms with Crippen molar-refractivity contribution in [3.05, 3.63) is 67.5 Å². The lowest BCUT2D eigenvalue weighted by molar-refractivity contribution is 0.0937. The van der Waals surface area contributed by atoms with Gasteiger partial charge in [0.2, 0.25) is 0 Å². The second-order valence-corrected chi connectivity index (χ2v) is 9.52. The van der Waals surface area contributed by atoms with E-state index in [1.807, 2.05) is 13.8 Å². The van der Waals surface area contributed by atoms with E-state index >= 15 is 0 Å². The van der Waals surface area contributed by atoms with Gasteiger partial charge in [0.1, 0.15) is 10.3 Å². The molecule has 0 bridgehead atoms. The molecular formula is C22H20BrCl2N5O3. The Morgan fingerprint density at radius 3 is 2.70 bits per heavy atom. The number of hydrogen-bond acceptors (Lipinski definition) is 5. The first-order chi connectivity index (χ1) is 15.7. The molecule has 1 aliphatic rings. The van der Waals surface area contributed by atoms with Gasteiger partial charge in [-0.25, -0.2) is 9.67 Å². The summed E-state index contributed by atoms with van der Waals surface area (Å²) in [5, 5.41) is 20.9. The number of amides is 2. The van der Waals surface area contributed by atoms with E-state index in [0.29, 0.717) is 28.0 Å². The number of rotatable bonds is 5. The smallest absolute Gasteiger partial charge is 0.274 e. The number of halogens is 3. The third-order valence-electron chi connectivity index (χ3n) is 5.16. The highest BCUT2D eigenvalue weighted by atomic mass is 79.9. The van der Waals surface area contributed by atoms with Gasteiger partial charge in [0.15, 0.2) is 5.82 Å². The van der Waals surface area contributed by atoms with Gasteiger partial charge >= 0.3 is 0 Å². The first-order valence-corrected chi connectivity index (χ1v) is 11.7. The molecule has 0 spiro atoms. The van der Waals surface area contributed by atoms with Crippen LogP contribution in [0.25, 0.3) is 5.82 Å². The molecule has 2 amide bonds. The topological polar surface area (TPSA) is 109 Å². The Morgan fingerprint density at radius 2 is 2.00 bits per heavy atom. The second-order valence-electron chi connectivity index (χ2n) is 7.89. The number of carbonyl (C=O) groups is 2. The standard InChI is InChI=1S/C22H20BrCl2N5O3/c1-10(2)27-22(33)18-17-11(5-6-15(17)31)8-13(25)19(18)28-21(32)14-9-16(23)29-30(14)20-12(24)4-3-7-26-20/h3-4,7-10,15,31H,5-6H2,1-2H3,(H,27,33)(H,28,32). The third kappa shape index (κ3) is 4.63. The van der Waals surface area contributed by atoms with E-state index in [2.05, 4.69) is 36.6 Å². The summed E-state index contributed by atoms with van der Waals surface area (Å²) in [6, 6.07) is 6.33. The molecule has 0 aliphatic heterocycles. The fraction of sp³-hybridized carbons (Fsp3) is 0.273. The van der Waals surface area contributed by atoms with Crippen LogP contribution in [0.3, 0.4) is 0 Å². The summed E-state index contributed by atoms with van der Waals surface area (Å²) in [6.07, 6.45) is 1.77. The van der Waals surface area contributed by atoms with E-state index < -0.39 is 17.9 Å². The summed E-state index contributed by atoms with van der Waals surface area (Å²) in [5.74, 6) is -0.742. The number of aromatic nitrogens is 3. The summed E-state index contributed by atoms with van der Waals surface area (Å²) in [5.41, 5.74) is 1.67. The van der Waals surface area contributed by atoms with Gasteiger partial charge in [0.25, 0.3) is 11.8 Å². The zero-order valence-electron chi connectivity index (χ0n) is 17.7. The molecule has 2 heterocycles. The van der Waals surface area contributed by atoms with Crippen LogP contribution in [0.1, 0.15) is 58.3 Å². The number of pyridine rings is 1. The van der Waals surface area contributed by atoms with Crippen molar-refractivity contribution in [2.45, 2.75) is 38.8 Å². The number of anilines is 1. The number of fused-ring (bicyclic) bond motifs is 1. The summed E-state index contributed by atoms with van der Waals surface area (Å²) < 4.78 is 1.69. The van der Waals surface area contributed by atoms with Crippen molar-refractivity contribution in [1.29, 1.82) is 0 Å². The SMILES string of the molecule is CC(C)NC(=O)c1c(NC(=O)c2cc(Br)nn2-c2ncccc2Cl)c(Cl)cc2c1C(O)CC2. The van der Waals surface area contributed by atoms with Crippen LogP contribution in [-0.4, -0.2) is 37.7 Å². The molecule has 0 fully saturated rings. The summed E-state index contributed by atoms with van der Waals surface area (Å²) >= 11 is 16.1. The fourth-order valence-electron chi connectivity index (χ4n) is 3.82. The number of carbonyl (C=O) groups excluding carboxylic acids is 2. The molecule has 33 heavy (non-hydrogen) atoms. The minimum Gasteiger partial charge on any atom is -0.388 e. The molecule has 1 aliphatic carbocycles. The normalized spacial score (nSPS) is 14.9. The number of aliphatic hydroxyl groups excluding tert-OH is 1. The minimum absolute atomic E-state index is 0.120. The Morgan fingerprint density at radius 1 is 1.24 bits per heavy atom. The van der Waals surface area contributed by atoms with Gasteiger partial charge in [-0.3, -0.25) is 9.59 Å². The van der Waals surface area contributed by atoms with Gasteiger partial charge < -0.3 is 15.7 Å². The van der Waals surface area contributed by atoms with E-state index in [1.165, 1.54) is 16.9 Å². The molecule has 0 saturated heterocycles. The molecule has 1 aromatic carbocycles. The summed E-state index contributed by atoms with van der Waals surface area (Å²) in [6.45, 7) is 3.65. The molecule has 4 rings (SSSR count). The number of hydrogen-bond donors (Lipinski definition) is 3. The van der Waals surface area contributed by atoms with Crippen LogP contribution in [0.5, 0.6) is 0 Å². The number of nitrogens with zero attached hydrogens (tertiary/aromatic N) is 3. The van der Waals surface area contributed by atoms with E-state index in [0.717, 1.165) is 5.56 Å². The van der Waals surface area contributed by atoms with Gasteiger partial charge in [0, 0.05) is 18.3 Å². The van der Waals surface area contributed by atoms with E-state index in [9.17, 15) is 14.7 Å². The van der Waals surface area contributed by atoms with Crippen molar-refractivity contribution < 1.29 is 14.7 Å². The first-order valence-electron chi connectivity index (χ1n) is 10.2. The Bertz CT molecular complexity index is 1260. The Labute approximate surface area is 208 Å². The second kappa shape index (κ2) is 9.42. The van der Waals surface area contributed by atoms with Crippen LogP contribution in [0, 0.1) is 0 Å². The summed E-state index contributed by atoms with van der Waals surface area (Å²) in [7, 11) is 0. The quantitative estimate of drug-likeness (QED) is 0.425. The lowest BCUT2D eigenvalue weighted by atomic mass is 9.98. The maximum atomic E-state index is 13.3.